The number of benzene rings is 2. The topological polar surface area (TPSA) is 85.5 Å². The zero-order valence-corrected chi connectivity index (χ0v) is 15.0. The SMILES string of the molecule is COc1ccc(-c2cc(C(=O)Nc3ccc(OC(F)F)c(OC)c3)[nH]n2)cc1. The van der Waals surface area contributed by atoms with Crippen molar-refractivity contribution in [3.63, 3.8) is 0 Å². The van der Waals surface area contributed by atoms with Crippen molar-refractivity contribution in [2.75, 3.05) is 19.5 Å². The lowest BCUT2D eigenvalue weighted by Crippen LogP contribution is -2.12. The van der Waals surface area contributed by atoms with E-state index < -0.39 is 12.5 Å². The molecule has 0 atom stereocenters. The van der Waals surface area contributed by atoms with Crippen molar-refractivity contribution in [1.82, 2.24) is 10.2 Å². The summed E-state index contributed by atoms with van der Waals surface area (Å²) in [4.78, 5) is 12.4. The van der Waals surface area contributed by atoms with Crippen molar-refractivity contribution in [2.24, 2.45) is 0 Å². The number of hydrogen-bond acceptors (Lipinski definition) is 5. The quantitative estimate of drug-likeness (QED) is 0.639. The summed E-state index contributed by atoms with van der Waals surface area (Å²) in [5.74, 6) is 0.211. The maximum atomic E-state index is 12.4. The number of nitrogens with one attached hydrogen (secondary N) is 2. The van der Waals surface area contributed by atoms with E-state index in [1.165, 1.54) is 25.3 Å². The highest BCUT2D eigenvalue weighted by Crippen LogP contribution is 2.31. The summed E-state index contributed by atoms with van der Waals surface area (Å²) in [7, 11) is 2.89. The number of nitrogens with zero attached hydrogens (tertiary/aromatic N) is 1. The van der Waals surface area contributed by atoms with E-state index in [0.717, 1.165) is 5.56 Å². The molecule has 146 valence electrons. The molecule has 1 aromatic heterocycles. The summed E-state index contributed by atoms with van der Waals surface area (Å²) in [6.45, 7) is -2.98. The maximum Gasteiger partial charge on any atom is 0.387 e. The predicted octanol–water partition coefficient (Wildman–Crippen LogP) is 3.95. The Bertz CT molecular complexity index is 958. The number of methoxy groups -OCH3 is 2. The molecule has 0 bridgehead atoms. The average Bonchev–Trinajstić information content (AvgIpc) is 3.19. The van der Waals surface area contributed by atoms with E-state index in [-0.39, 0.29) is 17.2 Å². The van der Waals surface area contributed by atoms with E-state index >= 15 is 0 Å². The van der Waals surface area contributed by atoms with Gasteiger partial charge < -0.3 is 19.5 Å². The van der Waals surface area contributed by atoms with Crippen LogP contribution in [0, 0.1) is 0 Å². The second kappa shape index (κ2) is 8.38. The van der Waals surface area contributed by atoms with Gasteiger partial charge in [0.1, 0.15) is 11.4 Å². The third-order valence-corrected chi connectivity index (χ3v) is 3.85. The summed E-state index contributed by atoms with van der Waals surface area (Å²) in [5.41, 5.74) is 1.99. The Balaban J connectivity index is 1.73. The number of aromatic amines is 1. The summed E-state index contributed by atoms with van der Waals surface area (Å²) >= 11 is 0. The van der Waals surface area contributed by atoms with Gasteiger partial charge >= 0.3 is 6.61 Å². The molecular formula is C19H17F2N3O4. The molecule has 0 radical (unpaired) electrons. The Morgan fingerprint density at radius 3 is 2.43 bits per heavy atom. The first-order valence-electron chi connectivity index (χ1n) is 8.14. The van der Waals surface area contributed by atoms with Crippen molar-refractivity contribution in [2.45, 2.75) is 6.61 Å². The third kappa shape index (κ3) is 4.37. The number of amides is 1. The first-order chi connectivity index (χ1) is 13.5. The molecule has 1 heterocycles. The molecular weight excluding hydrogens is 372 g/mol. The van der Waals surface area contributed by atoms with Crippen LogP contribution in [-0.2, 0) is 0 Å². The summed E-state index contributed by atoms with van der Waals surface area (Å²) in [6.07, 6.45) is 0. The van der Waals surface area contributed by atoms with Crippen LogP contribution in [0.1, 0.15) is 10.5 Å². The average molecular weight is 389 g/mol. The number of rotatable bonds is 7. The van der Waals surface area contributed by atoms with Crippen LogP contribution in [0.15, 0.2) is 48.5 Å². The highest BCUT2D eigenvalue weighted by Gasteiger charge is 2.15. The Kier molecular flexibility index (Phi) is 5.73. The van der Waals surface area contributed by atoms with Crippen molar-refractivity contribution in [3.8, 4) is 28.5 Å². The molecule has 7 nitrogen and oxygen atoms in total. The molecule has 0 aliphatic heterocycles. The Labute approximate surface area is 159 Å². The molecule has 0 saturated carbocycles. The van der Waals surface area contributed by atoms with Gasteiger partial charge in [0.25, 0.3) is 5.91 Å². The van der Waals surface area contributed by atoms with Crippen LogP contribution in [0.25, 0.3) is 11.3 Å². The standard InChI is InChI=1S/C19H17F2N3O4/c1-26-13-6-3-11(4-7-13)14-10-15(24-23-14)18(25)22-12-5-8-16(28-19(20)21)17(9-12)27-2/h3-10,19H,1-2H3,(H,22,25)(H,23,24). The highest BCUT2D eigenvalue weighted by atomic mass is 19.3. The number of carbonyl (C=O) groups is 1. The lowest BCUT2D eigenvalue weighted by Gasteiger charge is -2.11. The molecule has 0 aliphatic carbocycles. The van der Waals surface area contributed by atoms with Crippen LogP contribution in [0.3, 0.4) is 0 Å². The predicted molar refractivity (Wildman–Crippen MR) is 98.2 cm³/mol. The largest absolute Gasteiger partial charge is 0.497 e. The van der Waals surface area contributed by atoms with Crippen LogP contribution in [0.5, 0.6) is 17.2 Å². The molecule has 0 unspecified atom stereocenters. The zero-order valence-electron chi connectivity index (χ0n) is 15.0. The number of alkyl halides is 2. The van der Waals surface area contributed by atoms with Crippen molar-refractivity contribution in [3.05, 3.63) is 54.2 Å². The van der Waals surface area contributed by atoms with E-state index in [1.54, 1.807) is 25.3 Å². The van der Waals surface area contributed by atoms with Crippen molar-refractivity contribution >= 4 is 11.6 Å². The van der Waals surface area contributed by atoms with Crippen LogP contribution in [0.2, 0.25) is 0 Å². The molecule has 0 saturated heterocycles. The minimum absolute atomic E-state index is 0.0710. The first-order valence-corrected chi connectivity index (χ1v) is 8.14. The minimum Gasteiger partial charge on any atom is -0.497 e. The van der Waals surface area contributed by atoms with Gasteiger partial charge in [-0.05, 0) is 42.5 Å². The second-order valence-electron chi connectivity index (χ2n) is 5.59. The molecule has 0 aliphatic rings. The molecule has 9 heteroatoms. The number of anilines is 1. The summed E-state index contributed by atoms with van der Waals surface area (Å²) < 4.78 is 39.3. The molecule has 28 heavy (non-hydrogen) atoms. The summed E-state index contributed by atoms with van der Waals surface area (Å²) in [5, 5.41) is 9.44. The number of aromatic nitrogens is 2. The third-order valence-electron chi connectivity index (χ3n) is 3.85. The fourth-order valence-electron chi connectivity index (χ4n) is 2.48. The van der Waals surface area contributed by atoms with Gasteiger partial charge in [-0.1, -0.05) is 0 Å². The van der Waals surface area contributed by atoms with Crippen LogP contribution in [0.4, 0.5) is 14.5 Å². The molecule has 2 aromatic carbocycles. The number of halogens is 2. The van der Waals surface area contributed by atoms with Crippen LogP contribution < -0.4 is 19.5 Å². The van der Waals surface area contributed by atoms with Gasteiger partial charge in [-0.15, -0.1) is 0 Å². The lowest BCUT2D eigenvalue weighted by atomic mass is 10.1. The van der Waals surface area contributed by atoms with E-state index in [0.29, 0.717) is 17.1 Å². The lowest BCUT2D eigenvalue weighted by molar-refractivity contribution is -0.0512. The van der Waals surface area contributed by atoms with Crippen LogP contribution >= 0.6 is 0 Å². The molecule has 1 amide bonds. The van der Waals surface area contributed by atoms with Gasteiger partial charge in [0.2, 0.25) is 0 Å². The number of carbonyl (C=O) groups excluding carboxylic acids is 1. The first kappa shape index (κ1) is 19.2. The molecule has 0 fully saturated rings. The van der Waals surface area contributed by atoms with Gasteiger partial charge in [0.15, 0.2) is 11.5 Å². The van der Waals surface area contributed by atoms with Gasteiger partial charge in [-0.2, -0.15) is 13.9 Å². The van der Waals surface area contributed by atoms with Crippen molar-refractivity contribution < 1.29 is 27.8 Å². The molecule has 0 spiro atoms. The van der Waals surface area contributed by atoms with Gasteiger partial charge in [-0.3, -0.25) is 9.89 Å². The number of H-pyrrole nitrogens is 1. The normalized spacial score (nSPS) is 10.6. The zero-order chi connectivity index (χ0) is 20.1. The second-order valence-corrected chi connectivity index (χ2v) is 5.59. The highest BCUT2D eigenvalue weighted by molar-refractivity contribution is 6.03. The summed E-state index contributed by atoms with van der Waals surface area (Å²) in [6, 6.07) is 12.9. The van der Waals surface area contributed by atoms with E-state index in [2.05, 4.69) is 20.3 Å². The Hall–Kier alpha value is -3.62. The van der Waals surface area contributed by atoms with Gasteiger partial charge in [-0.25, -0.2) is 0 Å². The smallest absolute Gasteiger partial charge is 0.387 e. The van der Waals surface area contributed by atoms with Crippen molar-refractivity contribution in [1.29, 1.82) is 0 Å². The van der Waals surface area contributed by atoms with E-state index in [1.807, 2.05) is 12.1 Å². The monoisotopic (exact) mass is 389 g/mol. The number of ether oxygens (including phenoxy) is 3. The molecule has 3 aromatic rings. The number of hydrogen-bond donors (Lipinski definition) is 2. The fourth-order valence-corrected chi connectivity index (χ4v) is 2.48. The van der Waals surface area contributed by atoms with Crippen LogP contribution in [-0.4, -0.2) is 36.9 Å². The Morgan fingerprint density at radius 2 is 1.79 bits per heavy atom. The molecule has 2 N–H and O–H groups in total. The minimum atomic E-state index is -2.98. The molecule has 3 rings (SSSR count). The Morgan fingerprint density at radius 1 is 1.04 bits per heavy atom. The van der Waals surface area contributed by atoms with E-state index in [9.17, 15) is 13.6 Å². The fraction of sp³-hybridized carbons (Fsp3) is 0.158. The maximum absolute atomic E-state index is 12.4. The van der Waals surface area contributed by atoms with Gasteiger partial charge in [0, 0.05) is 17.3 Å². The van der Waals surface area contributed by atoms with Gasteiger partial charge in [0.05, 0.1) is 19.9 Å². The van der Waals surface area contributed by atoms with E-state index in [4.69, 9.17) is 9.47 Å².